The van der Waals surface area contributed by atoms with Crippen LogP contribution in [0, 0.1) is 6.92 Å². The van der Waals surface area contributed by atoms with Crippen molar-refractivity contribution in [3.8, 4) is 27.4 Å². The predicted molar refractivity (Wildman–Crippen MR) is 137 cm³/mol. The molecule has 0 aliphatic rings. The fourth-order valence-electron chi connectivity index (χ4n) is 3.44. The van der Waals surface area contributed by atoms with Gasteiger partial charge >= 0.3 is 5.97 Å². The van der Waals surface area contributed by atoms with E-state index in [9.17, 15) is 9.59 Å². The number of hydrogen-bond acceptors (Lipinski definition) is 7. The molecule has 0 fully saturated rings. The van der Waals surface area contributed by atoms with Crippen LogP contribution in [0.3, 0.4) is 0 Å². The first-order valence-electron chi connectivity index (χ1n) is 10.9. The van der Waals surface area contributed by atoms with Crippen LogP contribution < -0.4 is 10.1 Å². The Kier molecular flexibility index (Phi) is 7.40. The first-order valence-corrected chi connectivity index (χ1v) is 12.6. The van der Waals surface area contributed by atoms with Gasteiger partial charge in [0.25, 0.3) is 5.91 Å². The maximum atomic E-state index is 13.2. The highest BCUT2D eigenvalue weighted by molar-refractivity contribution is 7.17. The second kappa shape index (κ2) is 10.6. The summed E-state index contributed by atoms with van der Waals surface area (Å²) in [7, 11) is 0. The van der Waals surface area contributed by atoms with E-state index in [1.165, 1.54) is 22.7 Å². The van der Waals surface area contributed by atoms with Crippen molar-refractivity contribution in [3.05, 3.63) is 76.1 Å². The van der Waals surface area contributed by atoms with Crippen LogP contribution in [-0.2, 0) is 4.74 Å². The highest BCUT2D eigenvalue weighted by Crippen LogP contribution is 2.38. The van der Waals surface area contributed by atoms with Gasteiger partial charge in [-0.15, -0.1) is 22.7 Å². The Morgan fingerprint density at radius 1 is 0.971 bits per heavy atom. The van der Waals surface area contributed by atoms with E-state index in [0.717, 1.165) is 21.9 Å². The van der Waals surface area contributed by atoms with Gasteiger partial charge in [0.1, 0.15) is 26.2 Å². The van der Waals surface area contributed by atoms with E-state index in [4.69, 9.17) is 9.47 Å². The molecule has 6 nitrogen and oxygen atoms in total. The standard InChI is InChI=1S/C26H24N2O4S2/c1-4-31-19-13-11-17(12-14-19)20-15-33-25(21(20)26(30)32-5-2)28-23(29)22-16(3)27-24(34-22)18-9-7-6-8-10-18/h6-15H,4-5H2,1-3H3,(H,28,29). The Bertz CT molecular complexity index is 1290. The number of nitrogens with one attached hydrogen (secondary N) is 1. The Morgan fingerprint density at radius 3 is 2.38 bits per heavy atom. The molecule has 0 saturated heterocycles. The van der Waals surface area contributed by atoms with Crippen LogP contribution in [0.15, 0.2) is 60.0 Å². The van der Waals surface area contributed by atoms with Gasteiger partial charge in [-0.2, -0.15) is 0 Å². The van der Waals surface area contributed by atoms with Gasteiger partial charge in [0.2, 0.25) is 0 Å². The van der Waals surface area contributed by atoms with Crippen LogP contribution >= 0.6 is 22.7 Å². The van der Waals surface area contributed by atoms with Gasteiger partial charge in [-0.05, 0) is 38.5 Å². The van der Waals surface area contributed by atoms with E-state index >= 15 is 0 Å². The number of hydrogen-bond donors (Lipinski definition) is 1. The second-order valence-corrected chi connectivity index (χ2v) is 9.16. The molecule has 0 atom stereocenters. The van der Waals surface area contributed by atoms with E-state index in [1.807, 2.05) is 73.8 Å². The molecule has 2 aromatic carbocycles. The molecule has 0 spiro atoms. The SMILES string of the molecule is CCOC(=O)c1c(-c2ccc(OCC)cc2)csc1NC(=O)c1sc(-c2ccccc2)nc1C. The fourth-order valence-corrected chi connectivity index (χ4v) is 5.36. The molecule has 0 aliphatic heterocycles. The van der Waals surface area contributed by atoms with Crippen molar-refractivity contribution in [2.24, 2.45) is 0 Å². The number of rotatable bonds is 8. The molecule has 8 heteroatoms. The lowest BCUT2D eigenvalue weighted by molar-refractivity contribution is 0.0529. The van der Waals surface area contributed by atoms with Gasteiger partial charge in [-0.3, -0.25) is 4.79 Å². The minimum absolute atomic E-state index is 0.235. The molecule has 0 saturated carbocycles. The zero-order valence-electron chi connectivity index (χ0n) is 19.1. The number of anilines is 1. The summed E-state index contributed by atoms with van der Waals surface area (Å²) >= 11 is 2.62. The first kappa shape index (κ1) is 23.7. The highest BCUT2D eigenvalue weighted by atomic mass is 32.1. The molecule has 174 valence electrons. The zero-order chi connectivity index (χ0) is 24.1. The largest absolute Gasteiger partial charge is 0.494 e. The van der Waals surface area contributed by atoms with Crippen LogP contribution in [0.25, 0.3) is 21.7 Å². The van der Waals surface area contributed by atoms with Gasteiger partial charge in [0.15, 0.2) is 0 Å². The lowest BCUT2D eigenvalue weighted by atomic mass is 10.0. The smallest absolute Gasteiger partial charge is 0.341 e. The Balaban J connectivity index is 1.65. The monoisotopic (exact) mass is 492 g/mol. The topological polar surface area (TPSA) is 77.5 Å². The summed E-state index contributed by atoms with van der Waals surface area (Å²) in [6.45, 7) is 6.30. The van der Waals surface area contributed by atoms with Gasteiger partial charge < -0.3 is 14.8 Å². The molecule has 4 aromatic rings. The molecule has 1 N–H and O–H groups in total. The van der Waals surface area contributed by atoms with Gasteiger partial charge in [-0.25, -0.2) is 9.78 Å². The molecule has 4 rings (SSSR count). The molecule has 34 heavy (non-hydrogen) atoms. The first-order chi connectivity index (χ1) is 16.5. The normalized spacial score (nSPS) is 10.7. The predicted octanol–water partition coefficient (Wildman–Crippen LogP) is 6.67. The summed E-state index contributed by atoms with van der Waals surface area (Å²) in [6.07, 6.45) is 0. The average Bonchev–Trinajstić information content (AvgIpc) is 3.44. The van der Waals surface area contributed by atoms with Crippen molar-refractivity contribution in [1.29, 1.82) is 0 Å². The lowest BCUT2D eigenvalue weighted by Gasteiger charge is -2.09. The number of amides is 1. The Labute approximate surface area is 206 Å². The van der Waals surface area contributed by atoms with Crippen molar-refractivity contribution >= 4 is 39.6 Å². The second-order valence-electron chi connectivity index (χ2n) is 7.29. The summed E-state index contributed by atoms with van der Waals surface area (Å²) in [5.74, 6) is -0.0284. The number of nitrogens with zero attached hydrogens (tertiary/aromatic N) is 1. The van der Waals surface area contributed by atoms with E-state index in [0.29, 0.717) is 33.3 Å². The van der Waals surface area contributed by atoms with Crippen molar-refractivity contribution in [2.75, 3.05) is 18.5 Å². The summed E-state index contributed by atoms with van der Waals surface area (Å²) in [6, 6.07) is 17.2. The van der Waals surface area contributed by atoms with Crippen LogP contribution in [0.4, 0.5) is 5.00 Å². The number of thiophene rings is 1. The third-order valence-electron chi connectivity index (χ3n) is 5.00. The molecular formula is C26H24N2O4S2. The van der Waals surface area contributed by atoms with Gasteiger partial charge in [-0.1, -0.05) is 42.5 Å². The summed E-state index contributed by atoms with van der Waals surface area (Å²) in [5, 5.41) is 5.99. The van der Waals surface area contributed by atoms with Crippen LogP contribution in [0.2, 0.25) is 0 Å². The molecule has 1 amide bonds. The number of benzene rings is 2. The van der Waals surface area contributed by atoms with Crippen molar-refractivity contribution < 1.29 is 19.1 Å². The average molecular weight is 493 g/mol. The number of thiazole rings is 1. The molecule has 2 heterocycles. The number of aromatic nitrogens is 1. The minimum atomic E-state index is -0.478. The highest BCUT2D eigenvalue weighted by Gasteiger charge is 2.25. The Hall–Kier alpha value is -3.49. The number of esters is 1. The fraction of sp³-hybridized carbons (Fsp3) is 0.192. The number of aryl methyl sites for hydroxylation is 1. The third-order valence-corrected chi connectivity index (χ3v) is 7.10. The van der Waals surface area contributed by atoms with E-state index in [-0.39, 0.29) is 12.5 Å². The third kappa shape index (κ3) is 5.03. The number of carbonyl (C=O) groups is 2. The summed E-state index contributed by atoms with van der Waals surface area (Å²) in [4.78, 5) is 31.1. The zero-order valence-corrected chi connectivity index (χ0v) is 20.7. The maximum absolute atomic E-state index is 13.2. The molecule has 0 bridgehead atoms. The van der Waals surface area contributed by atoms with Gasteiger partial charge in [0.05, 0.1) is 18.9 Å². The molecule has 0 radical (unpaired) electrons. The van der Waals surface area contributed by atoms with Crippen molar-refractivity contribution in [2.45, 2.75) is 20.8 Å². The quantitative estimate of drug-likeness (QED) is 0.278. The minimum Gasteiger partial charge on any atom is -0.494 e. The van der Waals surface area contributed by atoms with Crippen LogP contribution in [-0.4, -0.2) is 30.1 Å². The summed E-state index contributed by atoms with van der Waals surface area (Å²) in [5.41, 5.74) is 3.48. The molecular weight excluding hydrogens is 468 g/mol. The van der Waals surface area contributed by atoms with Crippen LogP contribution in [0.1, 0.15) is 39.6 Å². The van der Waals surface area contributed by atoms with Gasteiger partial charge in [0, 0.05) is 16.5 Å². The molecule has 0 unspecified atom stereocenters. The number of ether oxygens (including phenoxy) is 2. The molecule has 2 aromatic heterocycles. The Morgan fingerprint density at radius 2 is 1.71 bits per heavy atom. The summed E-state index contributed by atoms with van der Waals surface area (Å²) < 4.78 is 10.8. The van der Waals surface area contributed by atoms with Crippen molar-refractivity contribution in [1.82, 2.24) is 4.98 Å². The van der Waals surface area contributed by atoms with E-state index < -0.39 is 5.97 Å². The van der Waals surface area contributed by atoms with Crippen LogP contribution in [0.5, 0.6) is 5.75 Å². The van der Waals surface area contributed by atoms with E-state index in [2.05, 4.69) is 10.3 Å². The lowest BCUT2D eigenvalue weighted by Crippen LogP contribution is -2.14. The number of carbonyl (C=O) groups excluding carboxylic acids is 2. The molecule has 0 aliphatic carbocycles. The van der Waals surface area contributed by atoms with E-state index in [1.54, 1.807) is 6.92 Å². The van der Waals surface area contributed by atoms with Crippen molar-refractivity contribution in [3.63, 3.8) is 0 Å². The maximum Gasteiger partial charge on any atom is 0.341 e.